The molecular weight excluding hydrogens is 444 g/mol. The number of pyridine rings is 1. The molecule has 4 aromatic rings. The van der Waals surface area contributed by atoms with Crippen molar-refractivity contribution >= 4 is 22.6 Å². The van der Waals surface area contributed by atoms with E-state index in [2.05, 4.69) is 57.8 Å². The maximum absolute atomic E-state index is 6.58. The van der Waals surface area contributed by atoms with Crippen molar-refractivity contribution in [3.8, 4) is 5.88 Å². The van der Waals surface area contributed by atoms with Gasteiger partial charge in [-0.1, -0.05) is 41.9 Å². The number of benzene rings is 2. The minimum atomic E-state index is 0.0542. The normalized spacial score (nSPS) is 24.9. The Bertz CT molecular complexity index is 1290. The van der Waals surface area contributed by atoms with E-state index >= 15 is 0 Å². The van der Waals surface area contributed by atoms with Crippen LogP contribution >= 0.6 is 11.6 Å². The molecule has 34 heavy (non-hydrogen) atoms. The average molecular weight is 473 g/mol. The van der Waals surface area contributed by atoms with Crippen molar-refractivity contribution < 1.29 is 4.74 Å². The van der Waals surface area contributed by atoms with Gasteiger partial charge in [0.25, 0.3) is 0 Å². The summed E-state index contributed by atoms with van der Waals surface area (Å²) in [5.41, 5.74) is 3.51. The molecule has 6 heteroatoms. The number of fused-ring (bicyclic) bond motifs is 2. The summed E-state index contributed by atoms with van der Waals surface area (Å²) in [6, 6.07) is 22.8. The smallest absolute Gasteiger partial charge is 0.213 e. The number of ether oxygens (including phenoxy) is 1. The molecular formula is C28H29ClN4O. The first kappa shape index (κ1) is 21.6. The van der Waals surface area contributed by atoms with E-state index in [1.807, 2.05) is 30.3 Å². The van der Waals surface area contributed by atoms with Crippen LogP contribution in [-0.4, -0.2) is 38.6 Å². The molecule has 0 bridgehead atoms. The second-order valence-corrected chi connectivity index (χ2v) is 10.2. The zero-order valence-electron chi connectivity index (χ0n) is 19.3. The molecule has 1 saturated heterocycles. The van der Waals surface area contributed by atoms with Crippen LogP contribution in [-0.2, 0) is 6.54 Å². The van der Waals surface area contributed by atoms with E-state index < -0.39 is 0 Å². The zero-order valence-corrected chi connectivity index (χ0v) is 20.1. The Morgan fingerprint density at radius 2 is 1.79 bits per heavy atom. The number of hydrogen-bond acceptors (Lipinski definition) is 4. The standard InChI is InChI=1S/C28H29ClN4O/c1-19-31-24-9-2-3-10-25(24)33(19)26-14-21-17-32(16-20-7-6-8-23(29)13-20)18-22(21)15-27(26)34-28-11-4-5-12-30-28/h2-13,21-22,26-27H,14-18H2,1H3/t21-,22+,26-,27-/m0/s1. The van der Waals surface area contributed by atoms with Gasteiger partial charge in [-0.05, 0) is 67.5 Å². The highest BCUT2D eigenvalue weighted by Crippen LogP contribution is 2.44. The maximum atomic E-state index is 6.58. The van der Waals surface area contributed by atoms with E-state index in [4.69, 9.17) is 21.3 Å². The lowest BCUT2D eigenvalue weighted by Crippen LogP contribution is -2.40. The molecule has 1 aliphatic carbocycles. The van der Waals surface area contributed by atoms with Crippen LogP contribution in [0.15, 0.2) is 72.9 Å². The van der Waals surface area contributed by atoms with Crippen molar-refractivity contribution in [3.63, 3.8) is 0 Å². The first-order valence-corrected chi connectivity index (χ1v) is 12.5. The van der Waals surface area contributed by atoms with Gasteiger partial charge in [0.2, 0.25) is 5.88 Å². The SMILES string of the molecule is Cc1nc2ccccc2n1[C@H]1C[C@H]2CN(Cc3cccc(Cl)c3)C[C@H]2C[C@@H]1Oc1ccccn1. The summed E-state index contributed by atoms with van der Waals surface area (Å²) in [5, 5.41) is 0.806. The number of halogens is 1. The Morgan fingerprint density at radius 3 is 2.62 bits per heavy atom. The molecule has 0 amide bonds. The van der Waals surface area contributed by atoms with Crippen molar-refractivity contribution in [2.24, 2.45) is 11.8 Å². The largest absolute Gasteiger partial charge is 0.472 e. The van der Waals surface area contributed by atoms with Gasteiger partial charge in [0.1, 0.15) is 11.9 Å². The molecule has 2 aromatic heterocycles. The summed E-state index contributed by atoms with van der Waals surface area (Å²) < 4.78 is 8.99. The van der Waals surface area contributed by atoms with E-state index in [0.29, 0.717) is 17.7 Å². The van der Waals surface area contributed by atoms with Gasteiger partial charge in [0, 0.05) is 36.9 Å². The summed E-state index contributed by atoms with van der Waals surface area (Å²) >= 11 is 6.24. The highest BCUT2D eigenvalue weighted by molar-refractivity contribution is 6.30. The number of likely N-dealkylation sites (tertiary alicyclic amines) is 1. The fourth-order valence-corrected chi connectivity index (χ4v) is 6.28. The number of aryl methyl sites for hydroxylation is 1. The van der Waals surface area contributed by atoms with Crippen molar-refractivity contribution in [1.82, 2.24) is 19.4 Å². The molecule has 0 radical (unpaired) electrons. The number of aromatic nitrogens is 3. The Hall–Kier alpha value is -2.89. The van der Waals surface area contributed by atoms with Gasteiger partial charge in [-0.3, -0.25) is 4.90 Å². The third-order valence-corrected chi connectivity index (χ3v) is 7.70. The van der Waals surface area contributed by atoms with Crippen LogP contribution in [0.3, 0.4) is 0 Å². The average Bonchev–Trinajstić information content (AvgIpc) is 3.37. The molecule has 0 N–H and O–H groups in total. The van der Waals surface area contributed by atoms with Gasteiger partial charge in [-0.2, -0.15) is 0 Å². The number of rotatable bonds is 5. The molecule has 174 valence electrons. The Labute approximate surface area is 205 Å². The quantitative estimate of drug-likeness (QED) is 0.361. The van der Waals surface area contributed by atoms with E-state index in [1.54, 1.807) is 6.20 Å². The van der Waals surface area contributed by atoms with Crippen molar-refractivity contribution in [2.75, 3.05) is 13.1 Å². The molecule has 2 fully saturated rings. The predicted molar refractivity (Wildman–Crippen MR) is 135 cm³/mol. The Balaban J connectivity index is 1.30. The van der Waals surface area contributed by atoms with Gasteiger partial charge in [-0.15, -0.1) is 0 Å². The Kier molecular flexibility index (Phi) is 5.75. The minimum Gasteiger partial charge on any atom is -0.472 e. The summed E-state index contributed by atoms with van der Waals surface area (Å²) in [7, 11) is 0. The van der Waals surface area contributed by atoms with Crippen molar-refractivity contribution in [2.45, 2.75) is 38.5 Å². The van der Waals surface area contributed by atoms with E-state index in [1.165, 1.54) is 11.1 Å². The van der Waals surface area contributed by atoms with Gasteiger partial charge < -0.3 is 9.30 Å². The van der Waals surface area contributed by atoms with Crippen LogP contribution < -0.4 is 4.74 Å². The number of para-hydroxylation sites is 2. The Morgan fingerprint density at radius 1 is 0.971 bits per heavy atom. The number of hydrogen-bond donors (Lipinski definition) is 0. The van der Waals surface area contributed by atoms with Gasteiger partial charge in [0.05, 0.1) is 17.1 Å². The fraction of sp³-hybridized carbons (Fsp3) is 0.357. The summed E-state index contributed by atoms with van der Waals surface area (Å²) in [5.74, 6) is 2.99. The van der Waals surface area contributed by atoms with E-state index in [9.17, 15) is 0 Å². The fourth-order valence-electron chi connectivity index (χ4n) is 6.06. The van der Waals surface area contributed by atoms with Crippen LogP contribution in [0.25, 0.3) is 11.0 Å². The molecule has 4 atom stereocenters. The lowest BCUT2D eigenvalue weighted by atomic mass is 9.77. The third-order valence-electron chi connectivity index (χ3n) is 7.47. The molecule has 0 spiro atoms. The molecule has 6 rings (SSSR count). The molecule has 3 heterocycles. The molecule has 2 aromatic carbocycles. The van der Waals surface area contributed by atoms with Crippen LogP contribution in [0.5, 0.6) is 5.88 Å². The summed E-state index contributed by atoms with van der Waals surface area (Å²) in [6.45, 7) is 5.26. The second-order valence-electron chi connectivity index (χ2n) is 9.72. The van der Waals surface area contributed by atoms with Crippen LogP contribution in [0.4, 0.5) is 0 Å². The van der Waals surface area contributed by atoms with E-state index in [-0.39, 0.29) is 12.1 Å². The van der Waals surface area contributed by atoms with Crippen molar-refractivity contribution in [1.29, 1.82) is 0 Å². The van der Waals surface area contributed by atoms with E-state index in [0.717, 1.165) is 48.8 Å². The lowest BCUT2D eigenvalue weighted by molar-refractivity contribution is 0.0522. The van der Waals surface area contributed by atoms with Gasteiger partial charge in [-0.25, -0.2) is 9.97 Å². The molecule has 5 nitrogen and oxygen atoms in total. The minimum absolute atomic E-state index is 0.0542. The van der Waals surface area contributed by atoms with Crippen molar-refractivity contribution in [3.05, 3.63) is 89.3 Å². The zero-order chi connectivity index (χ0) is 23.1. The van der Waals surface area contributed by atoms with Crippen LogP contribution in [0, 0.1) is 18.8 Å². The molecule has 2 aliphatic rings. The highest BCUT2D eigenvalue weighted by atomic mass is 35.5. The third kappa shape index (κ3) is 4.19. The topological polar surface area (TPSA) is 43.2 Å². The lowest BCUT2D eigenvalue weighted by Gasteiger charge is -2.39. The molecule has 1 saturated carbocycles. The van der Waals surface area contributed by atoms with Crippen LogP contribution in [0.1, 0.15) is 30.3 Å². The molecule has 0 unspecified atom stereocenters. The summed E-state index contributed by atoms with van der Waals surface area (Å²) in [4.78, 5) is 11.9. The number of nitrogens with zero attached hydrogens (tertiary/aromatic N) is 4. The first-order valence-electron chi connectivity index (χ1n) is 12.1. The van der Waals surface area contributed by atoms with Gasteiger partial charge in [0.15, 0.2) is 0 Å². The second kappa shape index (κ2) is 9.05. The predicted octanol–water partition coefficient (Wildman–Crippen LogP) is 5.92. The summed E-state index contributed by atoms with van der Waals surface area (Å²) in [6.07, 6.45) is 3.95. The van der Waals surface area contributed by atoms with Gasteiger partial charge >= 0.3 is 0 Å². The van der Waals surface area contributed by atoms with Crippen LogP contribution in [0.2, 0.25) is 5.02 Å². The monoisotopic (exact) mass is 472 g/mol. The first-order chi connectivity index (χ1) is 16.6. The maximum Gasteiger partial charge on any atom is 0.213 e. The number of imidazole rings is 1. The molecule has 1 aliphatic heterocycles. The highest BCUT2D eigenvalue weighted by Gasteiger charge is 2.44.